The van der Waals surface area contributed by atoms with E-state index in [4.69, 9.17) is 4.43 Å². The van der Waals surface area contributed by atoms with Gasteiger partial charge in [-0.25, -0.2) is 0 Å². The molecule has 0 aromatic heterocycles. The summed E-state index contributed by atoms with van der Waals surface area (Å²) in [7, 11) is -1.61. The molecule has 0 aliphatic rings. The molecule has 0 saturated carbocycles. The predicted molar refractivity (Wildman–Crippen MR) is 104 cm³/mol. The Labute approximate surface area is 141 Å². The lowest BCUT2D eigenvalue weighted by molar-refractivity contribution is 0.259. The number of unbranched alkanes of at least 4 members (excludes halogenated alkanes) is 4. The Morgan fingerprint density at radius 1 is 1.14 bits per heavy atom. The van der Waals surface area contributed by atoms with E-state index in [0.29, 0.717) is 11.0 Å². The lowest BCUT2D eigenvalue weighted by atomic mass is 10.1. The van der Waals surface area contributed by atoms with Crippen LogP contribution in [0.2, 0.25) is 18.1 Å². The Kier molecular flexibility index (Phi) is 10.3. The van der Waals surface area contributed by atoms with Crippen LogP contribution in [0.5, 0.6) is 0 Å². The number of hydrogen-bond donors (Lipinski definition) is 0. The third-order valence-corrected chi connectivity index (χ3v) is 9.17. The normalized spacial score (nSPS) is 15.5. The molecule has 0 fully saturated rings. The van der Waals surface area contributed by atoms with Crippen molar-refractivity contribution in [3.8, 4) is 0 Å². The minimum absolute atomic E-state index is 0.296. The first kappa shape index (κ1) is 21.7. The van der Waals surface area contributed by atoms with Crippen molar-refractivity contribution < 1.29 is 4.43 Å². The van der Waals surface area contributed by atoms with Gasteiger partial charge in [-0.3, -0.25) is 0 Å². The molecular formula is C20H40OSi. The molecule has 0 radical (unpaired) electrons. The van der Waals surface area contributed by atoms with Gasteiger partial charge in [0.05, 0.1) is 0 Å². The SMILES string of the molecule is CCCCCC/C=C/C(C)=C/[C@H](C)CO[Si](C)(C)C(C)(C)C. The summed E-state index contributed by atoms with van der Waals surface area (Å²) in [5.74, 6) is 0.485. The molecule has 1 nitrogen and oxygen atoms in total. The first-order valence-corrected chi connectivity index (χ1v) is 12.0. The molecular weight excluding hydrogens is 284 g/mol. The van der Waals surface area contributed by atoms with Crippen molar-refractivity contribution in [2.45, 2.75) is 91.8 Å². The molecule has 0 heterocycles. The third kappa shape index (κ3) is 9.63. The Morgan fingerprint density at radius 2 is 1.77 bits per heavy atom. The number of rotatable bonds is 10. The Morgan fingerprint density at radius 3 is 2.32 bits per heavy atom. The van der Waals surface area contributed by atoms with Gasteiger partial charge in [0.15, 0.2) is 8.32 Å². The second-order valence-corrected chi connectivity index (χ2v) is 13.0. The first-order chi connectivity index (χ1) is 10.1. The van der Waals surface area contributed by atoms with Crippen LogP contribution in [0.4, 0.5) is 0 Å². The van der Waals surface area contributed by atoms with Gasteiger partial charge >= 0.3 is 0 Å². The van der Waals surface area contributed by atoms with E-state index in [9.17, 15) is 0 Å². The maximum atomic E-state index is 6.30. The monoisotopic (exact) mass is 324 g/mol. The van der Waals surface area contributed by atoms with Crippen LogP contribution in [-0.4, -0.2) is 14.9 Å². The molecule has 0 aromatic carbocycles. The highest BCUT2D eigenvalue weighted by Crippen LogP contribution is 2.36. The summed E-state index contributed by atoms with van der Waals surface area (Å²) in [4.78, 5) is 0. The summed E-state index contributed by atoms with van der Waals surface area (Å²) in [5, 5.41) is 0.296. The van der Waals surface area contributed by atoms with E-state index >= 15 is 0 Å². The largest absolute Gasteiger partial charge is 0.416 e. The van der Waals surface area contributed by atoms with Gasteiger partial charge < -0.3 is 4.43 Å². The van der Waals surface area contributed by atoms with Gasteiger partial charge in [0.1, 0.15) is 0 Å². The molecule has 0 aliphatic heterocycles. The zero-order chi connectivity index (χ0) is 17.2. The van der Waals surface area contributed by atoms with E-state index < -0.39 is 8.32 Å². The Balaban J connectivity index is 4.17. The van der Waals surface area contributed by atoms with Crippen LogP contribution < -0.4 is 0 Å². The molecule has 0 rings (SSSR count). The third-order valence-electron chi connectivity index (χ3n) is 4.67. The summed E-state index contributed by atoms with van der Waals surface area (Å²) in [5.41, 5.74) is 1.36. The second kappa shape index (κ2) is 10.4. The first-order valence-electron chi connectivity index (χ1n) is 9.09. The van der Waals surface area contributed by atoms with Crippen LogP contribution >= 0.6 is 0 Å². The maximum Gasteiger partial charge on any atom is 0.192 e. The highest BCUT2D eigenvalue weighted by atomic mass is 28.4. The quantitative estimate of drug-likeness (QED) is 0.236. The van der Waals surface area contributed by atoms with Gasteiger partial charge in [0, 0.05) is 6.61 Å². The number of allylic oxidation sites excluding steroid dienone is 3. The van der Waals surface area contributed by atoms with E-state index in [1.165, 1.54) is 37.7 Å². The van der Waals surface area contributed by atoms with Crippen molar-refractivity contribution in [1.29, 1.82) is 0 Å². The fraction of sp³-hybridized carbons (Fsp3) is 0.800. The van der Waals surface area contributed by atoms with E-state index in [1.54, 1.807) is 0 Å². The molecule has 0 bridgehead atoms. The van der Waals surface area contributed by atoms with Gasteiger partial charge in [0.25, 0.3) is 0 Å². The summed E-state index contributed by atoms with van der Waals surface area (Å²) < 4.78 is 6.30. The predicted octanol–water partition coefficient (Wildman–Crippen LogP) is 7.12. The molecule has 2 heteroatoms. The van der Waals surface area contributed by atoms with Crippen molar-refractivity contribution >= 4 is 8.32 Å². The molecule has 1 atom stereocenters. The minimum Gasteiger partial charge on any atom is -0.416 e. The van der Waals surface area contributed by atoms with Gasteiger partial charge in [-0.2, -0.15) is 0 Å². The molecule has 0 amide bonds. The highest BCUT2D eigenvalue weighted by Gasteiger charge is 2.37. The summed E-state index contributed by atoms with van der Waals surface area (Å²) >= 11 is 0. The van der Waals surface area contributed by atoms with Gasteiger partial charge in [-0.05, 0) is 43.8 Å². The summed E-state index contributed by atoms with van der Waals surface area (Å²) in [6.45, 7) is 19.1. The van der Waals surface area contributed by atoms with E-state index in [-0.39, 0.29) is 0 Å². The lowest BCUT2D eigenvalue weighted by Crippen LogP contribution is -2.41. The van der Waals surface area contributed by atoms with Crippen molar-refractivity contribution in [2.24, 2.45) is 5.92 Å². The van der Waals surface area contributed by atoms with Crippen LogP contribution in [0.1, 0.15) is 73.6 Å². The van der Waals surface area contributed by atoms with Gasteiger partial charge in [-0.15, -0.1) is 0 Å². The second-order valence-electron chi connectivity index (χ2n) is 8.21. The van der Waals surface area contributed by atoms with E-state index in [0.717, 1.165) is 6.61 Å². The zero-order valence-electron chi connectivity index (χ0n) is 16.5. The molecule has 0 spiro atoms. The molecule has 0 aromatic rings. The molecule has 0 saturated heterocycles. The van der Waals surface area contributed by atoms with Crippen LogP contribution in [0, 0.1) is 5.92 Å². The fourth-order valence-electron chi connectivity index (χ4n) is 2.07. The van der Waals surface area contributed by atoms with Gasteiger partial charge in [0.2, 0.25) is 0 Å². The molecule has 130 valence electrons. The topological polar surface area (TPSA) is 9.23 Å². The molecule has 0 N–H and O–H groups in total. The molecule has 0 unspecified atom stereocenters. The molecule has 22 heavy (non-hydrogen) atoms. The van der Waals surface area contributed by atoms with Crippen LogP contribution in [-0.2, 0) is 4.43 Å². The van der Waals surface area contributed by atoms with Crippen LogP contribution in [0.3, 0.4) is 0 Å². The van der Waals surface area contributed by atoms with Crippen molar-refractivity contribution in [2.75, 3.05) is 6.61 Å². The minimum atomic E-state index is -1.61. The summed E-state index contributed by atoms with van der Waals surface area (Å²) in [6, 6.07) is 0. The zero-order valence-corrected chi connectivity index (χ0v) is 17.5. The van der Waals surface area contributed by atoms with E-state index in [1.807, 2.05) is 0 Å². The standard InChI is InChI=1S/C20H40OSi/c1-9-10-11-12-13-14-15-18(2)16-19(3)17-21-22(7,8)20(4,5)6/h14-16,19H,9-13,17H2,1-8H3/b15-14+,18-16+/t19-/m0/s1. The van der Waals surface area contributed by atoms with Crippen molar-refractivity contribution in [3.63, 3.8) is 0 Å². The van der Waals surface area contributed by atoms with Crippen molar-refractivity contribution in [3.05, 3.63) is 23.8 Å². The van der Waals surface area contributed by atoms with Gasteiger partial charge in [-0.1, -0.05) is 77.7 Å². The van der Waals surface area contributed by atoms with Crippen LogP contribution in [0.25, 0.3) is 0 Å². The fourth-order valence-corrected chi connectivity index (χ4v) is 3.18. The van der Waals surface area contributed by atoms with Crippen LogP contribution in [0.15, 0.2) is 23.8 Å². The summed E-state index contributed by atoms with van der Waals surface area (Å²) in [6.07, 6.45) is 13.5. The highest BCUT2D eigenvalue weighted by molar-refractivity contribution is 6.74. The Bertz CT molecular complexity index is 347. The average Bonchev–Trinajstić information content (AvgIpc) is 2.39. The number of hydrogen-bond acceptors (Lipinski definition) is 1. The average molecular weight is 325 g/mol. The molecule has 0 aliphatic carbocycles. The van der Waals surface area contributed by atoms with Crippen molar-refractivity contribution in [1.82, 2.24) is 0 Å². The van der Waals surface area contributed by atoms with E-state index in [2.05, 4.69) is 72.9 Å². The lowest BCUT2D eigenvalue weighted by Gasteiger charge is -2.36. The Hall–Kier alpha value is -0.343. The smallest absolute Gasteiger partial charge is 0.192 e. The maximum absolute atomic E-state index is 6.30.